The lowest BCUT2D eigenvalue weighted by Gasteiger charge is -2.12. The minimum absolute atomic E-state index is 0.0368. The molecule has 0 aliphatic heterocycles. The summed E-state index contributed by atoms with van der Waals surface area (Å²) in [6.07, 6.45) is 0.753. The Morgan fingerprint density at radius 2 is 1.91 bits per heavy atom. The highest BCUT2D eigenvalue weighted by atomic mass is 16.5. The maximum atomic E-state index is 11.9. The second-order valence-electron chi connectivity index (χ2n) is 5.15. The average molecular weight is 306 g/mol. The highest BCUT2D eigenvalue weighted by Crippen LogP contribution is 2.13. The first-order chi connectivity index (χ1) is 10.3. The van der Waals surface area contributed by atoms with Crippen molar-refractivity contribution >= 4 is 17.9 Å². The van der Waals surface area contributed by atoms with Gasteiger partial charge in [0.05, 0.1) is 5.56 Å². The molecule has 6 nitrogen and oxygen atoms in total. The van der Waals surface area contributed by atoms with Crippen molar-refractivity contribution in [3.8, 4) is 0 Å². The van der Waals surface area contributed by atoms with Crippen LogP contribution in [0.4, 0.5) is 4.79 Å². The van der Waals surface area contributed by atoms with Gasteiger partial charge in [0.15, 0.2) is 6.61 Å². The van der Waals surface area contributed by atoms with Crippen molar-refractivity contribution in [2.24, 2.45) is 0 Å². The number of imide groups is 1. The van der Waals surface area contributed by atoms with Gasteiger partial charge in [0.1, 0.15) is 0 Å². The lowest BCUT2D eigenvalue weighted by molar-refractivity contribution is -0.123. The lowest BCUT2D eigenvalue weighted by Crippen LogP contribution is -2.44. The van der Waals surface area contributed by atoms with Crippen molar-refractivity contribution in [2.75, 3.05) is 6.61 Å². The van der Waals surface area contributed by atoms with E-state index < -0.39 is 24.5 Å². The Labute approximate surface area is 130 Å². The Bertz CT molecular complexity index is 569. The summed E-state index contributed by atoms with van der Waals surface area (Å²) in [5.41, 5.74) is 2.19. The van der Waals surface area contributed by atoms with Crippen molar-refractivity contribution in [3.63, 3.8) is 0 Å². The van der Waals surface area contributed by atoms with Gasteiger partial charge in [-0.15, -0.1) is 0 Å². The zero-order chi connectivity index (χ0) is 16.7. The monoisotopic (exact) mass is 306 g/mol. The standard InChI is InChI=1S/C16H22N2O4/c1-5-11(3)17-16(21)18-14(19)9-22-15(20)13-8-6-7-10(2)12(13)4/h6-8,11H,5,9H2,1-4H3,(H2,17,18,19,21)/t11-/m1/s1. The fraction of sp³-hybridized carbons (Fsp3) is 0.438. The molecule has 0 spiro atoms. The second kappa shape index (κ2) is 8.17. The molecule has 6 heteroatoms. The Hall–Kier alpha value is -2.37. The van der Waals surface area contributed by atoms with E-state index in [0.29, 0.717) is 5.56 Å². The summed E-state index contributed by atoms with van der Waals surface area (Å²) in [6.45, 7) is 6.94. The molecule has 0 heterocycles. The molecule has 0 fully saturated rings. The molecule has 1 rings (SSSR count). The molecule has 0 aliphatic carbocycles. The van der Waals surface area contributed by atoms with Crippen molar-refractivity contribution < 1.29 is 19.1 Å². The summed E-state index contributed by atoms with van der Waals surface area (Å²) in [5, 5.41) is 4.70. The number of hydrogen-bond acceptors (Lipinski definition) is 4. The van der Waals surface area contributed by atoms with Gasteiger partial charge < -0.3 is 10.1 Å². The Morgan fingerprint density at radius 1 is 1.23 bits per heavy atom. The largest absolute Gasteiger partial charge is 0.452 e. The number of carbonyl (C=O) groups excluding carboxylic acids is 3. The minimum Gasteiger partial charge on any atom is -0.452 e. The lowest BCUT2D eigenvalue weighted by atomic mass is 10.0. The van der Waals surface area contributed by atoms with Crippen molar-refractivity contribution in [1.29, 1.82) is 0 Å². The van der Waals surface area contributed by atoms with E-state index in [4.69, 9.17) is 4.74 Å². The zero-order valence-corrected chi connectivity index (χ0v) is 13.4. The SMILES string of the molecule is CC[C@@H](C)NC(=O)NC(=O)COC(=O)c1cccc(C)c1C. The van der Waals surface area contributed by atoms with Crippen molar-refractivity contribution in [3.05, 3.63) is 34.9 Å². The van der Waals surface area contributed by atoms with Crippen LogP contribution < -0.4 is 10.6 Å². The number of rotatable bonds is 5. The minimum atomic E-state index is -0.667. The fourth-order valence-corrected chi connectivity index (χ4v) is 1.71. The van der Waals surface area contributed by atoms with E-state index in [1.54, 1.807) is 12.1 Å². The molecule has 2 N–H and O–H groups in total. The Kier molecular flexibility index (Phi) is 6.56. The number of hydrogen-bond donors (Lipinski definition) is 2. The molecule has 0 aromatic heterocycles. The van der Waals surface area contributed by atoms with Crippen LogP contribution in [0, 0.1) is 13.8 Å². The molecule has 0 saturated carbocycles. The maximum Gasteiger partial charge on any atom is 0.338 e. The van der Waals surface area contributed by atoms with Crippen molar-refractivity contribution in [1.82, 2.24) is 10.6 Å². The first-order valence-corrected chi connectivity index (χ1v) is 7.18. The van der Waals surface area contributed by atoms with Crippen LogP contribution in [-0.2, 0) is 9.53 Å². The summed E-state index contributed by atoms with van der Waals surface area (Å²) in [7, 11) is 0. The molecular weight excluding hydrogens is 284 g/mol. The fourth-order valence-electron chi connectivity index (χ4n) is 1.71. The number of esters is 1. The highest BCUT2D eigenvalue weighted by Gasteiger charge is 2.15. The van der Waals surface area contributed by atoms with E-state index >= 15 is 0 Å². The van der Waals surface area contributed by atoms with E-state index in [2.05, 4.69) is 10.6 Å². The number of nitrogens with one attached hydrogen (secondary N) is 2. The zero-order valence-electron chi connectivity index (χ0n) is 13.4. The first-order valence-electron chi connectivity index (χ1n) is 7.18. The molecule has 22 heavy (non-hydrogen) atoms. The van der Waals surface area contributed by atoms with Gasteiger partial charge in [0.25, 0.3) is 5.91 Å². The van der Waals surface area contributed by atoms with E-state index in [9.17, 15) is 14.4 Å². The van der Waals surface area contributed by atoms with Gasteiger partial charge in [-0.2, -0.15) is 0 Å². The molecule has 0 bridgehead atoms. The highest BCUT2D eigenvalue weighted by molar-refractivity contribution is 5.97. The molecule has 1 aromatic carbocycles. The molecule has 0 saturated heterocycles. The van der Waals surface area contributed by atoms with Gasteiger partial charge in [0, 0.05) is 6.04 Å². The van der Waals surface area contributed by atoms with E-state index in [-0.39, 0.29) is 6.04 Å². The summed E-state index contributed by atoms with van der Waals surface area (Å²) in [6, 6.07) is 4.64. The summed E-state index contributed by atoms with van der Waals surface area (Å²) in [5.74, 6) is -1.25. The number of amides is 3. The molecule has 120 valence electrons. The van der Waals surface area contributed by atoms with Crippen LogP contribution in [0.5, 0.6) is 0 Å². The Balaban J connectivity index is 2.49. The van der Waals surface area contributed by atoms with E-state index in [1.165, 1.54) is 0 Å². The van der Waals surface area contributed by atoms with Gasteiger partial charge in [0.2, 0.25) is 0 Å². The van der Waals surface area contributed by atoms with Crippen LogP contribution >= 0.6 is 0 Å². The molecular formula is C16H22N2O4. The third-order valence-corrected chi connectivity index (χ3v) is 3.40. The smallest absolute Gasteiger partial charge is 0.338 e. The third-order valence-electron chi connectivity index (χ3n) is 3.40. The summed E-state index contributed by atoms with van der Waals surface area (Å²) >= 11 is 0. The van der Waals surface area contributed by atoms with Crippen LogP contribution in [-0.4, -0.2) is 30.6 Å². The number of ether oxygens (including phenoxy) is 1. The molecule has 1 atom stereocenters. The quantitative estimate of drug-likeness (QED) is 0.816. The molecule has 0 radical (unpaired) electrons. The van der Waals surface area contributed by atoms with Gasteiger partial charge in [-0.1, -0.05) is 19.1 Å². The molecule has 1 aromatic rings. The van der Waals surface area contributed by atoms with Gasteiger partial charge in [-0.3, -0.25) is 10.1 Å². The third kappa shape index (κ3) is 5.20. The van der Waals surface area contributed by atoms with Gasteiger partial charge in [-0.25, -0.2) is 9.59 Å². The summed E-state index contributed by atoms with van der Waals surface area (Å²) < 4.78 is 4.93. The van der Waals surface area contributed by atoms with E-state index in [0.717, 1.165) is 17.5 Å². The number of aryl methyl sites for hydroxylation is 1. The number of carbonyl (C=O) groups is 3. The molecule has 0 unspecified atom stereocenters. The van der Waals surface area contributed by atoms with Crippen LogP contribution in [0.1, 0.15) is 41.8 Å². The topological polar surface area (TPSA) is 84.5 Å². The van der Waals surface area contributed by atoms with Crippen LogP contribution in [0.2, 0.25) is 0 Å². The van der Waals surface area contributed by atoms with Gasteiger partial charge in [-0.05, 0) is 44.4 Å². The van der Waals surface area contributed by atoms with Gasteiger partial charge >= 0.3 is 12.0 Å². The van der Waals surface area contributed by atoms with Crippen LogP contribution in [0.3, 0.4) is 0 Å². The van der Waals surface area contributed by atoms with E-state index in [1.807, 2.05) is 33.8 Å². The average Bonchev–Trinajstić information content (AvgIpc) is 2.47. The van der Waals surface area contributed by atoms with Crippen LogP contribution in [0.25, 0.3) is 0 Å². The second-order valence-corrected chi connectivity index (χ2v) is 5.15. The summed E-state index contributed by atoms with van der Waals surface area (Å²) in [4.78, 5) is 34.9. The maximum absolute atomic E-state index is 11.9. The molecule has 0 aliphatic rings. The molecule has 3 amide bonds. The van der Waals surface area contributed by atoms with Crippen molar-refractivity contribution in [2.45, 2.75) is 40.2 Å². The predicted molar refractivity (Wildman–Crippen MR) is 82.6 cm³/mol. The number of benzene rings is 1. The van der Waals surface area contributed by atoms with Crippen LogP contribution in [0.15, 0.2) is 18.2 Å². The first kappa shape index (κ1) is 17.7. The normalized spacial score (nSPS) is 11.5. The predicted octanol–water partition coefficient (Wildman–Crippen LogP) is 2.08. The number of urea groups is 1. The Morgan fingerprint density at radius 3 is 2.55 bits per heavy atom.